The molecule has 0 amide bonds. The molecule has 0 fully saturated rings. The van der Waals surface area contributed by atoms with Gasteiger partial charge in [0.05, 0.1) is 13.7 Å². The third-order valence-electron chi connectivity index (χ3n) is 3.40. The Morgan fingerprint density at radius 3 is 2.71 bits per heavy atom. The first kappa shape index (κ1) is 19.8. The fourth-order valence-corrected chi connectivity index (χ4v) is 2.28. The molecule has 0 radical (unpaired) electrons. The van der Waals surface area contributed by atoms with Crippen LogP contribution in [0.4, 0.5) is 0 Å². The second-order valence-electron chi connectivity index (χ2n) is 5.31. The third-order valence-corrected chi connectivity index (χ3v) is 3.40. The molecule has 0 unspecified atom stereocenters. The molecular weight excluding hydrogens is 306 g/mol. The van der Waals surface area contributed by atoms with Crippen molar-refractivity contribution in [2.75, 3.05) is 33.9 Å². The first-order chi connectivity index (χ1) is 11.6. The van der Waals surface area contributed by atoms with Gasteiger partial charge in [-0.3, -0.25) is 9.79 Å². The van der Waals surface area contributed by atoms with Crippen LogP contribution in [0.25, 0.3) is 0 Å². The van der Waals surface area contributed by atoms with Gasteiger partial charge in [0.15, 0.2) is 5.96 Å². The van der Waals surface area contributed by atoms with Crippen molar-refractivity contribution in [1.29, 1.82) is 0 Å². The maximum Gasteiger partial charge on any atom is 0.305 e. The largest absolute Gasteiger partial charge is 0.496 e. The first-order valence-corrected chi connectivity index (χ1v) is 8.39. The average Bonchev–Trinajstić information content (AvgIpc) is 2.58. The van der Waals surface area contributed by atoms with E-state index in [4.69, 9.17) is 9.47 Å². The van der Waals surface area contributed by atoms with E-state index in [1.807, 2.05) is 50.1 Å². The number of benzene rings is 1. The number of methoxy groups -OCH3 is 1. The van der Waals surface area contributed by atoms with Gasteiger partial charge in [0.1, 0.15) is 5.75 Å². The molecule has 1 aromatic carbocycles. The summed E-state index contributed by atoms with van der Waals surface area (Å²) in [5.74, 6) is 1.51. The van der Waals surface area contributed by atoms with Gasteiger partial charge in [-0.25, -0.2) is 0 Å². The summed E-state index contributed by atoms with van der Waals surface area (Å²) in [7, 11) is 3.66. The summed E-state index contributed by atoms with van der Waals surface area (Å²) in [6.07, 6.45) is 1.07. The number of esters is 1. The predicted octanol–water partition coefficient (Wildman–Crippen LogP) is 2.44. The van der Waals surface area contributed by atoms with Gasteiger partial charge in [0.25, 0.3) is 0 Å². The lowest BCUT2D eigenvalue weighted by molar-refractivity contribution is -0.143. The Labute approximate surface area is 144 Å². The quantitative estimate of drug-likeness (QED) is 0.325. The number of nitrogens with zero attached hydrogens (tertiary/aromatic N) is 2. The number of guanidine groups is 1. The minimum absolute atomic E-state index is 0.167. The van der Waals surface area contributed by atoms with Gasteiger partial charge in [-0.15, -0.1) is 0 Å². The number of carbonyl (C=O) groups excluding carboxylic acids is 1. The van der Waals surface area contributed by atoms with Gasteiger partial charge >= 0.3 is 5.97 Å². The van der Waals surface area contributed by atoms with Crippen molar-refractivity contribution >= 4 is 11.9 Å². The van der Waals surface area contributed by atoms with Crippen LogP contribution in [0.3, 0.4) is 0 Å². The van der Waals surface area contributed by atoms with Gasteiger partial charge in [0, 0.05) is 38.7 Å². The number of aliphatic imine (C=N–C) groups is 1. The van der Waals surface area contributed by atoms with Crippen LogP contribution < -0.4 is 10.1 Å². The lowest BCUT2D eigenvalue weighted by Gasteiger charge is -2.23. The van der Waals surface area contributed by atoms with E-state index in [2.05, 4.69) is 10.3 Å². The molecule has 1 rings (SSSR count). The number of hydrogen-bond donors (Lipinski definition) is 1. The maximum absolute atomic E-state index is 11.3. The molecular formula is C18H29N3O3. The SMILES string of the molecule is CCNC(=NCCCC(=O)OCC)N(C)Cc1ccccc1OC. The highest BCUT2D eigenvalue weighted by atomic mass is 16.5. The molecule has 0 aromatic heterocycles. The van der Waals surface area contributed by atoms with Crippen LogP contribution >= 0.6 is 0 Å². The molecule has 0 heterocycles. The third kappa shape index (κ3) is 6.89. The van der Waals surface area contributed by atoms with E-state index in [1.54, 1.807) is 7.11 Å². The zero-order chi connectivity index (χ0) is 17.8. The van der Waals surface area contributed by atoms with Crippen molar-refractivity contribution in [2.24, 2.45) is 4.99 Å². The lowest BCUT2D eigenvalue weighted by Crippen LogP contribution is -2.38. The first-order valence-electron chi connectivity index (χ1n) is 8.39. The second kappa shape index (κ2) is 11.3. The van der Waals surface area contributed by atoms with E-state index < -0.39 is 0 Å². The van der Waals surface area contributed by atoms with Gasteiger partial charge in [-0.2, -0.15) is 0 Å². The van der Waals surface area contributed by atoms with Gasteiger partial charge < -0.3 is 19.7 Å². The van der Waals surface area contributed by atoms with Crippen molar-refractivity contribution in [1.82, 2.24) is 10.2 Å². The Morgan fingerprint density at radius 1 is 1.29 bits per heavy atom. The van der Waals surface area contributed by atoms with Crippen LogP contribution in [0.5, 0.6) is 5.75 Å². The molecule has 0 saturated carbocycles. The normalized spacial score (nSPS) is 11.1. The van der Waals surface area contributed by atoms with Crippen LogP contribution in [-0.4, -0.2) is 50.7 Å². The maximum atomic E-state index is 11.3. The minimum atomic E-state index is -0.167. The summed E-state index contributed by atoms with van der Waals surface area (Å²) in [4.78, 5) is 18.0. The van der Waals surface area contributed by atoms with Crippen LogP contribution in [0.2, 0.25) is 0 Å². The Bertz CT molecular complexity index is 532. The molecule has 1 N–H and O–H groups in total. The molecule has 24 heavy (non-hydrogen) atoms. The minimum Gasteiger partial charge on any atom is -0.496 e. The summed E-state index contributed by atoms with van der Waals surface area (Å²) < 4.78 is 10.3. The standard InChI is InChI=1S/C18H29N3O3/c1-5-19-18(20-13-9-12-17(22)24-6-2)21(3)14-15-10-7-8-11-16(15)23-4/h7-8,10-11H,5-6,9,12-14H2,1-4H3,(H,19,20). The van der Waals surface area contributed by atoms with Crippen molar-refractivity contribution in [3.8, 4) is 5.75 Å². The lowest BCUT2D eigenvalue weighted by atomic mass is 10.2. The van der Waals surface area contributed by atoms with Crippen LogP contribution in [0.1, 0.15) is 32.3 Å². The number of carbonyl (C=O) groups is 1. The van der Waals surface area contributed by atoms with Gasteiger partial charge in [-0.1, -0.05) is 18.2 Å². The van der Waals surface area contributed by atoms with E-state index >= 15 is 0 Å². The number of nitrogens with one attached hydrogen (secondary N) is 1. The summed E-state index contributed by atoms with van der Waals surface area (Å²) in [6, 6.07) is 7.94. The fraction of sp³-hybridized carbons (Fsp3) is 0.556. The molecule has 0 aliphatic rings. The summed E-state index contributed by atoms with van der Waals surface area (Å²) in [6.45, 7) is 6.32. The zero-order valence-electron chi connectivity index (χ0n) is 15.2. The highest BCUT2D eigenvalue weighted by Gasteiger charge is 2.10. The summed E-state index contributed by atoms with van der Waals surface area (Å²) in [5, 5.41) is 3.27. The van der Waals surface area contributed by atoms with Crippen molar-refractivity contribution in [2.45, 2.75) is 33.2 Å². The Kier molecular flexibility index (Phi) is 9.34. The van der Waals surface area contributed by atoms with E-state index in [-0.39, 0.29) is 5.97 Å². The smallest absolute Gasteiger partial charge is 0.305 e. The van der Waals surface area contributed by atoms with Crippen molar-refractivity contribution in [3.05, 3.63) is 29.8 Å². The second-order valence-corrected chi connectivity index (χ2v) is 5.31. The van der Waals surface area contributed by atoms with Gasteiger partial charge in [-0.05, 0) is 26.3 Å². The number of hydrogen-bond acceptors (Lipinski definition) is 4. The number of ether oxygens (including phenoxy) is 2. The molecule has 0 saturated heterocycles. The van der Waals surface area contributed by atoms with Crippen LogP contribution in [-0.2, 0) is 16.1 Å². The molecule has 0 aliphatic heterocycles. The molecule has 0 atom stereocenters. The predicted molar refractivity (Wildman–Crippen MR) is 96.3 cm³/mol. The van der Waals surface area contributed by atoms with E-state index in [9.17, 15) is 4.79 Å². The molecule has 6 nitrogen and oxygen atoms in total. The Balaban J connectivity index is 2.62. The number of para-hydroxylation sites is 1. The monoisotopic (exact) mass is 335 g/mol. The number of rotatable bonds is 9. The van der Waals surface area contributed by atoms with E-state index in [1.165, 1.54) is 0 Å². The molecule has 6 heteroatoms. The highest BCUT2D eigenvalue weighted by Crippen LogP contribution is 2.18. The topological polar surface area (TPSA) is 63.2 Å². The fourth-order valence-electron chi connectivity index (χ4n) is 2.28. The van der Waals surface area contributed by atoms with E-state index in [0.717, 1.165) is 23.8 Å². The molecule has 0 bridgehead atoms. The molecule has 134 valence electrons. The highest BCUT2D eigenvalue weighted by molar-refractivity contribution is 5.79. The van der Waals surface area contributed by atoms with Crippen LogP contribution in [0, 0.1) is 0 Å². The molecule has 0 aliphatic carbocycles. The van der Waals surface area contributed by atoms with Crippen molar-refractivity contribution in [3.63, 3.8) is 0 Å². The average molecular weight is 335 g/mol. The van der Waals surface area contributed by atoms with Gasteiger partial charge in [0.2, 0.25) is 0 Å². The molecule has 1 aromatic rings. The van der Waals surface area contributed by atoms with Crippen molar-refractivity contribution < 1.29 is 14.3 Å². The Hall–Kier alpha value is -2.24. The molecule has 0 spiro atoms. The Morgan fingerprint density at radius 2 is 2.04 bits per heavy atom. The summed E-state index contributed by atoms with van der Waals surface area (Å²) in [5.41, 5.74) is 1.10. The zero-order valence-corrected chi connectivity index (χ0v) is 15.2. The van der Waals surface area contributed by atoms with Crippen LogP contribution in [0.15, 0.2) is 29.3 Å². The van der Waals surface area contributed by atoms with E-state index in [0.29, 0.717) is 32.5 Å². The summed E-state index contributed by atoms with van der Waals surface area (Å²) >= 11 is 0.